The van der Waals surface area contributed by atoms with E-state index in [1.807, 2.05) is 0 Å². The number of hydrazine groups is 1. The molecule has 3 aromatic carbocycles. The van der Waals surface area contributed by atoms with Gasteiger partial charge in [-0.05, 0) is 72.8 Å². The van der Waals surface area contributed by atoms with Crippen molar-refractivity contribution < 1.29 is 0 Å². The van der Waals surface area contributed by atoms with E-state index in [-0.39, 0.29) is 0 Å². The Hall–Kier alpha value is -3.58. The Morgan fingerprint density at radius 1 is 0.680 bits per heavy atom. The van der Waals surface area contributed by atoms with Gasteiger partial charge in [0.2, 0.25) is 0 Å². The van der Waals surface area contributed by atoms with Crippen molar-refractivity contribution in [3.63, 3.8) is 0 Å². The molecule has 0 saturated carbocycles. The molecule has 0 aliphatic heterocycles. The second-order valence-electron chi connectivity index (χ2n) is 5.34. The summed E-state index contributed by atoms with van der Waals surface area (Å²) in [5.41, 5.74) is 17.7. The Bertz CT molecular complexity index is 844. The topological polar surface area (TPSA) is 115 Å². The summed E-state index contributed by atoms with van der Waals surface area (Å²) in [4.78, 5) is 0. The molecule has 0 amide bonds. The largest absolute Gasteiger partial charge is 0.739 e. The van der Waals surface area contributed by atoms with E-state index in [4.69, 9.17) is 11.5 Å². The highest BCUT2D eigenvalue weighted by Crippen LogP contribution is 2.23. The van der Waals surface area contributed by atoms with Crippen LogP contribution in [0.2, 0.25) is 0 Å². The van der Waals surface area contributed by atoms with E-state index in [1.54, 1.807) is 72.8 Å². The second-order valence-corrected chi connectivity index (χ2v) is 5.34. The van der Waals surface area contributed by atoms with E-state index in [0.717, 1.165) is 0 Å². The van der Waals surface area contributed by atoms with Gasteiger partial charge in [-0.2, -0.15) is 10.2 Å². The molecular weight excluding hydrogens is 316 g/mol. The molecule has 7 heteroatoms. The SMILES string of the molecule is Nc1ccc(N=Nc2ccc(N([O-])Nc3ccc(N)cc3)cc2)cc1. The van der Waals surface area contributed by atoms with Crippen LogP contribution in [0.15, 0.2) is 83.0 Å². The van der Waals surface area contributed by atoms with Gasteiger partial charge in [-0.3, -0.25) is 0 Å². The molecule has 25 heavy (non-hydrogen) atoms. The fourth-order valence-corrected chi connectivity index (χ4v) is 2.05. The lowest BCUT2D eigenvalue weighted by Crippen LogP contribution is -2.22. The number of azo groups is 1. The van der Waals surface area contributed by atoms with Crippen molar-refractivity contribution >= 4 is 34.1 Å². The monoisotopic (exact) mass is 333 g/mol. The molecule has 0 fully saturated rings. The third-order valence-corrected chi connectivity index (χ3v) is 3.40. The van der Waals surface area contributed by atoms with Gasteiger partial charge in [-0.15, -0.1) is 0 Å². The first-order valence-electron chi connectivity index (χ1n) is 7.57. The van der Waals surface area contributed by atoms with Crippen LogP contribution in [0.4, 0.5) is 34.1 Å². The van der Waals surface area contributed by atoms with Crippen molar-refractivity contribution in [3.8, 4) is 0 Å². The van der Waals surface area contributed by atoms with Crippen molar-refractivity contribution in [2.24, 2.45) is 10.2 Å². The van der Waals surface area contributed by atoms with Crippen LogP contribution in [0.5, 0.6) is 0 Å². The molecule has 0 saturated heterocycles. The lowest BCUT2D eigenvalue weighted by Gasteiger charge is -2.31. The lowest BCUT2D eigenvalue weighted by atomic mass is 10.3. The fraction of sp³-hybridized carbons (Fsp3) is 0. The van der Waals surface area contributed by atoms with Gasteiger partial charge >= 0.3 is 0 Å². The third kappa shape index (κ3) is 4.46. The molecule has 126 valence electrons. The lowest BCUT2D eigenvalue weighted by molar-refractivity contribution is 1.16. The molecule has 3 rings (SSSR count). The Morgan fingerprint density at radius 2 is 1.12 bits per heavy atom. The highest BCUT2D eigenvalue weighted by atomic mass is 16.5. The van der Waals surface area contributed by atoms with Gasteiger partial charge in [0, 0.05) is 17.1 Å². The number of nitrogens with one attached hydrogen (secondary N) is 1. The van der Waals surface area contributed by atoms with Gasteiger partial charge in [-0.25, -0.2) is 0 Å². The van der Waals surface area contributed by atoms with E-state index in [0.29, 0.717) is 39.3 Å². The molecule has 0 bridgehead atoms. The van der Waals surface area contributed by atoms with E-state index in [2.05, 4.69) is 15.7 Å². The maximum atomic E-state index is 12.1. The Kier molecular flexibility index (Phi) is 4.77. The summed E-state index contributed by atoms with van der Waals surface area (Å²) in [6.45, 7) is 0. The van der Waals surface area contributed by atoms with Crippen LogP contribution in [0, 0.1) is 5.21 Å². The molecule has 5 N–H and O–H groups in total. The van der Waals surface area contributed by atoms with E-state index in [9.17, 15) is 5.21 Å². The molecule has 7 nitrogen and oxygen atoms in total. The van der Waals surface area contributed by atoms with Gasteiger partial charge in [0.15, 0.2) is 0 Å². The van der Waals surface area contributed by atoms with Gasteiger partial charge in [-0.1, -0.05) is 0 Å². The van der Waals surface area contributed by atoms with Gasteiger partial charge in [0.1, 0.15) is 0 Å². The van der Waals surface area contributed by atoms with Crippen LogP contribution < -0.4 is 22.1 Å². The average molecular weight is 333 g/mol. The summed E-state index contributed by atoms with van der Waals surface area (Å²) in [6.07, 6.45) is 0. The van der Waals surface area contributed by atoms with Crippen LogP contribution in [-0.2, 0) is 0 Å². The van der Waals surface area contributed by atoms with Crippen LogP contribution in [0.25, 0.3) is 0 Å². The number of hydrogen-bond donors (Lipinski definition) is 3. The normalized spacial score (nSPS) is 10.8. The molecule has 0 unspecified atom stereocenters. The van der Waals surface area contributed by atoms with E-state index in [1.165, 1.54) is 0 Å². The predicted molar refractivity (Wildman–Crippen MR) is 102 cm³/mol. The highest BCUT2D eigenvalue weighted by Gasteiger charge is 1.98. The molecule has 0 aliphatic rings. The van der Waals surface area contributed by atoms with E-state index < -0.39 is 0 Å². The first-order valence-corrected chi connectivity index (χ1v) is 7.57. The van der Waals surface area contributed by atoms with E-state index >= 15 is 0 Å². The first-order chi connectivity index (χ1) is 12.1. The third-order valence-electron chi connectivity index (χ3n) is 3.40. The zero-order chi connectivity index (χ0) is 17.6. The Morgan fingerprint density at radius 3 is 1.64 bits per heavy atom. The summed E-state index contributed by atoms with van der Waals surface area (Å²) >= 11 is 0. The number of nitrogens with zero attached hydrogens (tertiary/aromatic N) is 3. The summed E-state index contributed by atoms with van der Waals surface area (Å²) in [5.74, 6) is 0. The minimum Gasteiger partial charge on any atom is -0.739 e. The molecule has 0 aromatic heterocycles. The minimum atomic E-state index is 0.447. The van der Waals surface area contributed by atoms with Gasteiger partial charge in [0.25, 0.3) is 0 Å². The minimum absolute atomic E-state index is 0.447. The standard InChI is InChI=1S/C18H17N6O/c19-13-1-5-15(6-2-13)21-22-16-9-11-18(12-10-16)24(25)23-17-7-3-14(20)4-8-17/h1-12,23H,19-20H2/q-1. The zero-order valence-electron chi connectivity index (χ0n) is 13.3. The summed E-state index contributed by atoms with van der Waals surface area (Å²) in [7, 11) is 0. The first kappa shape index (κ1) is 16.3. The number of nitrogen functional groups attached to an aromatic ring is 2. The van der Waals surface area contributed by atoms with Crippen LogP contribution in [-0.4, -0.2) is 0 Å². The fourth-order valence-electron chi connectivity index (χ4n) is 2.05. The van der Waals surface area contributed by atoms with Crippen molar-refractivity contribution in [1.82, 2.24) is 0 Å². The second kappa shape index (κ2) is 7.33. The van der Waals surface area contributed by atoms with Gasteiger partial charge < -0.3 is 27.3 Å². The van der Waals surface area contributed by atoms with Crippen molar-refractivity contribution in [2.75, 3.05) is 22.1 Å². The zero-order valence-corrected chi connectivity index (χ0v) is 13.3. The number of nitrogens with two attached hydrogens (primary N) is 2. The molecular formula is C18H17N6O-. The quantitative estimate of drug-likeness (QED) is 0.358. The molecule has 0 heterocycles. The van der Waals surface area contributed by atoms with Crippen LogP contribution in [0.1, 0.15) is 0 Å². The van der Waals surface area contributed by atoms with Crippen molar-refractivity contribution in [2.45, 2.75) is 0 Å². The maximum absolute atomic E-state index is 12.1. The van der Waals surface area contributed by atoms with Crippen molar-refractivity contribution in [3.05, 3.63) is 78.0 Å². The Labute approximate surface area is 145 Å². The number of hydrogen-bond acceptors (Lipinski definition) is 7. The summed E-state index contributed by atoms with van der Waals surface area (Å²) < 4.78 is 0. The molecule has 0 atom stereocenters. The number of benzene rings is 3. The highest BCUT2D eigenvalue weighted by molar-refractivity contribution is 5.60. The van der Waals surface area contributed by atoms with Crippen LogP contribution >= 0.6 is 0 Å². The Balaban J connectivity index is 1.64. The molecule has 0 radical (unpaired) electrons. The number of rotatable bonds is 5. The average Bonchev–Trinajstić information content (AvgIpc) is 2.63. The maximum Gasteiger partial charge on any atom is 0.0858 e. The summed E-state index contributed by atoms with van der Waals surface area (Å²) in [6, 6.07) is 20.7. The van der Waals surface area contributed by atoms with Crippen molar-refractivity contribution in [1.29, 1.82) is 0 Å². The number of anilines is 4. The smallest absolute Gasteiger partial charge is 0.0858 e. The van der Waals surface area contributed by atoms with Crippen LogP contribution in [0.3, 0.4) is 0 Å². The molecule has 0 spiro atoms. The molecule has 0 aliphatic carbocycles. The predicted octanol–water partition coefficient (Wildman–Crippen LogP) is 4.60. The van der Waals surface area contributed by atoms with Gasteiger partial charge in [0.05, 0.1) is 17.1 Å². The summed E-state index contributed by atoms with van der Waals surface area (Å²) in [5, 5.41) is 21.1. The molecule has 3 aromatic rings.